The summed E-state index contributed by atoms with van der Waals surface area (Å²) in [6.45, 7) is 3.00. The number of hydrogen-bond donors (Lipinski definition) is 0. The van der Waals surface area contributed by atoms with E-state index >= 15 is 0 Å². The molecule has 0 bridgehead atoms. The van der Waals surface area contributed by atoms with E-state index in [1.807, 2.05) is 24.4 Å². The number of aromatic nitrogens is 4. The van der Waals surface area contributed by atoms with E-state index in [1.165, 1.54) is 12.1 Å². The number of hydrogen-bond acceptors (Lipinski definition) is 5. The zero-order valence-electron chi connectivity index (χ0n) is 16.5. The lowest BCUT2D eigenvalue weighted by molar-refractivity contribution is 0.0662. The largest absolute Gasteiger partial charge is 0.351 e. The first kappa shape index (κ1) is 18.5. The van der Waals surface area contributed by atoms with Crippen LogP contribution in [0.1, 0.15) is 40.8 Å². The molecule has 1 saturated heterocycles. The third-order valence-electron chi connectivity index (χ3n) is 5.42. The van der Waals surface area contributed by atoms with Gasteiger partial charge >= 0.3 is 0 Å². The Morgan fingerprint density at radius 3 is 2.90 bits per heavy atom. The lowest BCUT2D eigenvalue weighted by Crippen LogP contribution is -2.39. The molecule has 1 aliphatic heterocycles. The van der Waals surface area contributed by atoms with Gasteiger partial charge in [0.25, 0.3) is 5.91 Å². The van der Waals surface area contributed by atoms with Crippen molar-refractivity contribution in [3.63, 3.8) is 0 Å². The number of rotatable bonds is 3. The number of benzene rings is 1. The van der Waals surface area contributed by atoms with E-state index in [0.717, 1.165) is 29.6 Å². The molecular formula is C22H20FN5O2. The van der Waals surface area contributed by atoms with E-state index in [4.69, 9.17) is 4.52 Å². The van der Waals surface area contributed by atoms with E-state index in [1.54, 1.807) is 28.5 Å². The second kappa shape index (κ2) is 7.37. The summed E-state index contributed by atoms with van der Waals surface area (Å²) in [6.07, 6.45) is 3.63. The van der Waals surface area contributed by atoms with Crippen LogP contribution in [0.25, 0.3) is 16.8 Å². The lowest BCUT2D eigenvalue weighted by atomic mass is 9.97. The number of fused-ring (bicyclic) bond motifs is 1. The maximum Gasteiger partial charge on any atom is 0.292 e. The molecule has 4 aromatic rings. The average molecular weight is 405 g/mol. The van der Waals surface area contributed by atoms with Gasteiger partial charge in [0, 0.05) is 36.8 Å². The summed E-state index contributed by atoms with van der Waals surface area (Å²) < 4.78 is 20.4. The summed E-state index contributed by atoms with van der Waals surface area (Å²) in [4.78, 5) is 19.1. The summed E-state index contributed by atoms with van der Waals surface area (Å²) in [7, 11) is 0. The van der Waals surface area contributed by atoms with E-state index in [-0.39, 0.29) is 23.4 Å². The Bertz CT molecular complexity index is 1230. The predicted molar refractivity (Wildman–Crippen MR) is 107 cm³/mol. The van der Waals surface area contributed by atoms with E-state index in [9.17, 15) is 9.18 Å². The van der Waals surface area contributed by atoms with Crippen LogP contribution in [0.15, 0.2) is 53.2 Å². The Hall–Kier alpha value is -3.55. The molecule has 0 radical (unpaired) electrons. The minimum Gasteiger partial charge on any atom is -0.351 e. The summed E-state index contributed by atoms with van der Waals surface area (Å²) in [5.74, 6) is 0.580. The number of carbonyl (C=O) groups is 1. The molecule has 152 valence electrons. The van der Waals surface area contributed by atoms with Gasteiger partial charge in [0.05, 0.1) is 5.69 Å². The van der Waals surface area contributed by atoms with Gasteiger partial charge in [-0.2, -0.15) is 5.10 Å². The molecule has 0 aliphatic carbocycles. The van der Waals surface area contributed by atoms with Crippen molar-refractivity contribution in [2.75, 3.05) is 13.1 Å². The second-order valence-electron chi connectivity index (χ2n) is 7.62. The van der Waals surface area contributed by atoms with Gasteiger partial charge in [0.15, 0.2) is 11.5 Å². The fourth-order valence-corrected chi connectivity index (χ4v) is 3.90. The number of pyridine rings is 1. The molecule has 0 saturated carbocycles. The van der Waals surface area contributed by atoms with Crippen molar-refractivity contribution in [1.29, 1.82) is 0 Å². The highest BCUT2D eigenvalue weighted by Crippen LogP contribution is 2.27. The minimum atomic E-state index is -0.277. The van der Waals surface area contributed by atoms with E-state index < -0.39 is 0 Å². The van der Waals surface area contributed by atoms with Crippen LogP contribution < -0.4 is 0 Å². The van der Waals surface area contributed by atoms with Crippen molar-refractivity contribution in [2.24, 2.45) is 0 Å². The van der Waals surface area contributed by atoms with Gasteiger partial charge in [-0.3, -0.25) is 4.79 Å². The quantitative estimate of drug-likeness (QED) is 0.517. The molecule has 1 aromatic carbocycles. The SMILES string of the molecule is Cc1cc(C(=O)N2CCC[C@@H](c3nc4ccc(-c5cccc(F)c5)cn4n3)C2)on1. The van der Waals surface area contributed by atoms with Gasteiger partial charge in [0.1, 0.15) is 5.82 Å². The molecular weight excluding hydrogens is 385 g/mol. The Morgan fingerprint density at radius 2 is 2.10 bits per heavy atom. The van der Waals surface area contributed by atoms with Crippen molar-refractivity contribution in [2.45, 2.75) is 25.7 Å². The molecule has 1 aliphatic rings. The molecule has 7 nitrogen and oxygen atoms in total. The smallest absolute Gasteiger partial charge is 0.292 e. The van der Waals surface area contributed by atoms with Crippen LogP contribution in [0.2, 0.25) is 0 Å². The molecule has 30 heavy (non-hydrogen) atoms. The first-order valence-electron chi connectivity index (χ1n) is 9.92. The third kappa shape index (κ3) is 3.45. The van der Waals surface area contributed by atoms with Crippen LogP contribution in [0.4, 0.5) is 4.39 Å². The van der Waals surface area contributed by atoms with Crippen molar-refractivity contribution >= 4 is 11.6 Å². The van der Waals surface area contributed by atoms with Crippen molar-refractivity contribution < 1.29 is 13.7 Å². The van der Waals surface area contributed by atoms with Crippen LogP contribution >= 0.6 is 0 Å². The number of aryl methyl sites for hydroxylation is 1. The fraction of sp³-hybridized carbons (Fsp3) is 0.273. The summed E-state index contributed by atoms with van der Waals surface area (Å²) in [5.41, 5.74) is 3.05. The van der Waals surface area contributed by atoms with E-state index in [0.29, 0.717) is 24.6 Å². The minimum absolute atomic E-state index is 0.0456. The van der Waals surface area contributed by atoms with Crippen molar-refractivity contribution in [3.05, 3.63) is 71.8 Å². The van der Waals surface area contributed by atoms with Crippen LogP contribution in [0.5, 0.6) is 0 Å². The highest BCUT2D eigenvalue weighted by atomic mass is 19.1. The zero-order chi connectivity index (χ0) is 20.7. The molecule has 0 unspecified atom stereocenters. The van der Waals surface area contributed by atoms with Crippen LogP contribution in [0.3, 0.4) is 0 Å². The number of nitrogens with zero attached hydrogens (tertiary/aromatic N) is 5. The average Bonchev–Trinajstić information content (AvgIpc) is 3.39. The monoisotopic (exact) mass is 405 g/mol. The summed E-state index contributed by atoms with van der Waals surface area (Å²) in [6, 6.07) is 11.9. The number of likely N-dealkylation sites (tertiary alicyclic amines) is 1. The zero-order valence-corrected chi connectivity index (χ0v) is 16.5. The van der Waals surface area contributed by atoms with Gasteiger partial charge in [-0.15, -0.1) is 0 Å². The second-order valence-corrected chi connectivity index (χ2v) is 7.62. The Kier molecular flexibility index (Phi) is 4.54. The summed E-state index contributed by atoms with van der Waals surface area (Å²) >= 11 is 0. The first-order chi connectivity index (χ1) is 14.6. The van der Waals surface area contributed by atoms with Gasteiger partial charge in [0.2, 0.25) is 5.76 Å². The number of halogens is 1. The van der Waals surface area contributed by atoms with Gasteiger partial charge < -0.3 is 9.42 Å². The Morgan fingerprint density at radius 1 is 1.20 bits per heavy atom. The van der Waals surface area contributed by atoms with Crippen LogP contribution in [-0.2, 0) is 0 Å². The molecule has 4 heterocycles. The van der Waals surface area contributed by atoms with Gasteiger partial charge in [-0.1, -0.05) is 17.3 Å². The third-order valence-corrected chi connectivity index (χ3v) is 5.42. The molecule has 5 rings (SSSR count). The summed E-state index contributed by atoms with van der Waals surface area (Å²) in [5, 5.41) is 8.46. The van der Waals surface area contributed by atoms with Gasteiger partial charge in [-0.05, 0) is 49.6 Å². The van der Waals surface area contributed by atoms with Crippen molar-refractivity contribution in [3.8, 4) is 11.1 Å². The predicted octanol–water partition coefficient (Wildman–Crippen LogP) is 3.85. The molecule has 1 atom stereocenters. The molecule has 8 heteroatoms. The standard InChI is InChI=1S/C22H20FN5O2/c1-14-10-19(30-26-14)22(29)27-9-3-5-17(12-27)21-24-20-8-7-16(13-28(20)25-21)15-4-2-6-18(23)11-15/h2,4,6-8,10-11,13,17H,3,5,9,12H2,1H3/t17-/m1/s1. The fourth-order valence-electron chi connectivity index (χ4n) is 3.90. The Labute approximate surface area is 172 Å². The highest BCUT2D eigenvalue weighted by molar-refractivity contribution is 5.91. The molecule has 3 aromatic heterocycles. The maximum atomic E-state index is 13.6. The van der Waals surface area contributed by atoms with E-state index in [2.05, 4.69) is 15.2 Å². The molecule has 0 spiro atoms. The Balaban J connectivity index is 1.39. The first-order valence-corrected chi connectivity index (χ1v) is 9.92. The molecule has 1 amide bonds. The molecule has 1 fully saturated rings. The van der Waals surface area contributed by atoms with Crippen LogP contribution in [0, 0.1) is 12.7 Å². The number of carbonyl (C=O) groups excluding carboxylic acids is 1. The number of amides is 1. The maximum absolute atomic E-state index is 13.6. The normalized spacial score (nSPS) is 16.9. The van der Waals surface area contributed by atoms with Gasteiger partial charge in [-0.25, -0.2) is 13.9 Å². The lowest BCUT2D eigenvalue weighted by Gasteiger charge is -2.30. The molecule has 0 N–H and O–H groups in total. The topological polar surface area (TPSA) is 76.5 Å². The van der Waals surface area contributed by atoms with Crippen molar-refractivity contribution in [1.82, 2.24) is 24.7 Å². The highest BCUT2D eigenvalue weighted by Gasteiger charge is 2.29. The number of piperidine rings is 1. The van der Waals surface area contributed by atoms with Crippen LogP contribution in [-0.4, -0.2) is 43.7 Å².